The fraction of sp³-hybridized carbons (Fsp3) is 0.0588. The van der Waals surface area contributed by atoms with Gasteiger partial charge in [-0.25, -0.2) is 4.98 Å². The van der Waals surface area contributed by atoms with Gasteiger partial charge >= 0.3 is 0 Å². The predicted molar refractivity (Wildman–Crippen MR) is 88.5 cm³/mol. The van der Waals surface area contributed by atoms with Crippen LogP contribution in [-0.2, 0) is 0 Å². The van der Waals surface area contributed by atoms with Crippen LogP contribution in [-0.4, -0.2) is 18.0 Å². The summed E-state index contributed by atoms with van der Waals surface area (Å²) in [7, 11) is 1.63. The minimum atomic E-state index is -0.206. The van der Waals surface area contributed by atoms with E-state index in [0.717, 1.165) is 22.0 Å². The Bertz CT molecular complexity index is 767. The maximum atomic E-state index is 12.2. The summed E-state index contributed by atoms with van der Waals surface area (Å²) in [6.45, 7) is 0. The number of aromatic nitrogens is 1. The molecule has 0 unspecified atom stereocenters. The Morgan fingerprint density at radius 1 is 1.09 bits per heavy atom. The second-order valence-electron chi connectivity index (χ2n) is 4.59. The SMILES string of the molecule is COc1ccc(-c2nc(C(=O)Nc3ccccc3)cs2)cc1. The van der Waals surface area contributed by atoms with Gasteiger partial charge in [0.2, 0.25) is 0 Å². The van der Waals surface area contributed by atoms with E-state index in [1.165, 1.54) is 11.3 Å². The summed E-state index contributed by atoms with van der Waals surface area (Å²) >= 11 is 1.44. The van der Waals surface area contributed by atoms with Crippen molar-refractivity contribution in [1.29, 1.82) is 0 Å². The molecule has 5 heteroatoms. The van der Waals surface area contributed by atoms with E-state index in [1.807, 2.05) is 54.6 Å². The van der Waals surface area contributed by atoms with E-state index in [1.54, 1.807) is 12.5 Å². The molecule has 3 aromatic rings. The molecule has 2 aromatic carbocycles. The lowest BCUT2D eigenvalue weighted by Crippen LogP contribution is -2.12. The van der Waals surface area contributed by atoms with E-state index >= 15 is 0 Å². The van der Waals surface area contributed by atoms with Gasteiger partial charge in [-0.05, 0) is 36.4 Å². The molecule has 110 valence electrons. The molecule has 0 fully saturated rings. The average Bonchev–Trinajstić information content (AvgIpc) is 3.06. The number of carbonyl (C=O) groups is 1. The van der Waals surface area contributed by atoms with Gasteiger partial charge < -0.3 is 10.1 Å². The van der Waals surface area contributed by atoms with Gasteiger partial charge in [0.1, 0.15) is 16.5 Å². The van der Waals surface area contributed by atoms with Crippen LogP contribution in [0.25, 0.3) is 10.6 Å². The van der Waals surface area contributed by atoms with Gasteiger partial charge in [0.05, 0.1) is 7.11 Å². The summed E-state index contributed by atoms with van der Waals surface area (Å²) in [6.07, 6.45) is 0. The summed E-state index contributed by atoms with van der Waals surface area (Å²) in [5.41, 5.74) is 2.13. The van der Waals surface area contributed by atoms with E-state index in [2.05, 4.69) is 10.3 Å². The molecular weight excluding hydrogens is 296 g/mol. The number of benzene rings is 2. The Hall–Kier alpha value is -2.66. The summed E-state index contributed by atoms with van der Waals surface area (Å²) in [5.74, 6) is 0.588. The Labute approximate surface area is 132 Å². The van der Waals surface area contributed by atoms with Crippen molar-refractivity contribution in [3.05, 3.63) is 65.7 Å². The number of ether oxygens (including phenoxy) is 1. The molecule has 0 bridgehead atoms. The number of rotatable bonds is 4. The van der Waals surface area contributed by atoms with Crippen LogP contribution in [0, 0.1) is 0 Å². The smallest absolute Gasteiger partial charge is 0.275 e. The fourth-order valence-electron chi connectivity index (χ4n) is 1.96. The van der Waals surface area contributed by atoms with Crippen LogP contribution in [0.15, 0.2) is 60.0 Å². The highest BCUT2D eigenvalue weighted by molar-refractivity contribution is 7.13. The zero-order valence-electron chi connectivity index (χ0n) is 11.9. The molecule has 22 heavy (non-hydrogen) atoms. The van der Waals surface area contributed by atoms with Crippen molar-refractivity contribution in [2.24, 2.45) is 0 Å². The van der Waals surface area contributed by atoms with Crippen LogP contribution in [0.5, 0.6) is 5.75 Å². The minimum Gasteiger partial charge on any atom is -0.497 e. The summed E-state index contributed by atoms with van der Waals surface area (Å²) in [6, 6.07) is 16.9. The number of carbonyl (C=O) groups excluding carboxylic acids is 1. The van der Waals surface area contributed by atoms with Gasteiger partial charge in [0.15, 0.2) is 0 Å². The van der Waals surface area contributed by atoms with Crippen LogP contribution < -0.4 is 10.1 Å². The zero-order valence-corrected chi connectivity index (χ0v) is 12.8. The number of thiazole rings is 1. The monoisotopic (exact) mass is 310 g/mol. The number of hydrogen-bond acceptors (Lipinski definition) is 4. The standard InChI is InChI=1S/C17H14N2O2S/c1-21-14-9-7-12(8-10-14)17-19-15(11-22-17)16(20)18-13-5-3-2-4-6-13/h2-11H,1H3,(H,18,20). The second kappa shape index (κ2) is 6.41. The van der Waals surface area contributed by atoms with Crippen molar-refractivity contribution in [2.45, 2.75) is 0 Å². The molecule has 0 aliphatic carbocycles. The molecule has 1 N–H and O–H groups in total. The third kappa shape index (κ3) is 3.15. The van der Waals surface area contributed by atoms with Crippen molar-refractivity contribution >= 4 is 22.9 Å². The first-order valence-electron chi connectivity index (χ1n) is 6.72. The van der Waals surface area contributed by atoms with Crippen molar-refractivity contribution in [3.8, 4) is 16.3 Å². The number of nitrogens with one attached hydrogen (secondary N) is 1. The lowest BCUT2D eigenvalue weighted by molar-refractivity contribution is 0.102. The van der Waals surface area contributed by atoms with Gasteiger partial charge in [0.25, 0.3) is 5.91 Å². The largest absolute Gasteiger partial charge is 0.497 e. The summed E-state index contributed by atoms with van der Waals surface area (Å²) < 4.78 is 5.13. The summed E-state index contributed by atoms with van der Waals surface area (Å²) in [4.78, 5) is 16.6. The van der Waals surface area contributed by atoms with Crippen LogP contribution >= 0.6 is 11.3 Å². The third-order valence-electron chi connectivity index (χ3n) is 3.11. The number of amides is 1. The van der Waals surface area contributed by atoms with Crippen molar-refractivity contribution in [3.63, 3.8) is 0 Å². The normalized spacial score (nSPS) is 10.2. The minimum absolute atomic E-state index is 0.206. The first-order chi connectivity index (χ1) is 10.8. The Balaban J connectivity index is 1.76. The van der Waals surface area contributed by atoms with E-state index in [-0.39, 0.29) is 5.91 Å². The molecule has 4 nitrogen and oxygen atoms in total. The third-order valence-corrected chi connectivity index (χ3v) is 4.00. The molecular formula is C17H14N2O2S. The zero-order chi connectivity index (χ0) is 15.4. The van der Waals surface area contributed by atoms with Crippen LogP contribution in [0.4, 0.5) is 5.69 Å². The lowest BCUT2D eigenvalue weighted by atomic mass is 10.2. The molecule has 1 amide bonds. The number of methoxy groups -OCH3 is 1. The topological polar surface area (TPSA) is 51.2 Å². The number of hydrogen-bond donors (Lipinski definition) is 1. The van der Waals surface area contributed by atoms with Crippen molar-refractivity contribution in [2.75, 3.05) is 12.4 Å². The van der Waals surface area contributed by atoms with Crippen LogP contribution in [0.3, 0.4) is 0 Å². The molecule has 0 saturated heterocycles. The number of nitrogens with zero attached hydrogens (tertiary/aromatic N) is 1. The number of para-hydroxylation sites is 1. The van der Waals surface area contributed by atoms with E-state index in [0.29, 0.717) is 5.69 Å². The highest BCUT2D eigenvalue weighted by Gasteiger charge is 2.12. The molecule has 0 saturated carbocycles. The van der Waals surface area contributed by atoms with Crippen molar-refractivity contribution < 1.29 is 9.53 Å². The lowest BCUT2D eigenvalue weighted by Gasteiger charge is -2.02. The predicted octanol–water partition coefficient (Wildman–Crippen LogP) is 4.07. The van der Waals surface area contributed by atoms with Crippen LogP contribution in [0.1, 0.15) is 10.5 Å². The van der Waals surface area contributed by atoms with Gasteiger partial charge in [-0.15, -0.1) is 11.3 Å². The maximum Gasteiger partial charge on any atom is 0.275 e. The second-order valence-corrected chi connectivity index (χ2v) is 5.44. The Kier molecular flexibility index (Phi) is 4.16. The molecule has 0 aliphatic rings. The van der Waals surface area contributed by atoms with E-state index in [4.69, 9.17) is 4.74 Å². The van der Waals surface area contributed by atoms with Gasteiger partial charge in [-0.1, -0.05) is 18.2 Å². The fourth-order valence-corrected chi connectivity index (χ4v) is 2.77. The molecule has 0 aliphatic heterocycles. The van der Waals surface area contributed by atoms with E-state index in [9.17, 15) is 4.79 Å². The molecule has 0 radical (unpaired) electrons. The first-order valence-corrected chi connectivity index (χ1v) is 7.60. The number of anilines is 1. The average molecular weight is 310 g/mol. The molecule has 3 rings (SSSR count). The van der Waals surface area contributed by atoms with E-state index < -0.39 is 0 Å². The van der Waals surface area contributed by atoms with Gasteiger partial charge in [-0.3, -0.25) is 4.79 Å². The highest BCUT2D eigenvalue weighted by atomic mass is 32.1. The van der Waals surface area contributed by atoms with Crippen molar-refractivity contribution in [1.82, 2.24) is 4.98 Å². The quantitative estimate of drug-likeness (QED) is 0.790. The highest BCUT2D eigenvalue weighted by Crippen LogP contribution is 2.26. The van der Waals surface area contributed by atoms with Crippen LogP contribution in [0.2, 0.25) is 0 Å². The molecule has 1 aromatic heterocycles. The molecule has 0 spiro atoms. The molecule has 1 heterocycles. The van der Waals surface area contributed by atoms with Gasteiger partial charge in [0, 0.05) is 16.6 Å². The van der Waals surface area contributed by atoms with Gasteiger partial charge in [-0.2, -0.15) is 0 Å². The molecule has 0 atom stereocenters. The maximum absolute atomic E-state index is 12.2. The Morgan fingerprint density at radius 2 is 1.82 bits per heavy atom. The first kappa shape index (κ1) is 14.3. The Morgan fingerprint density at radius 3 is 2.50 bits per heavy atom. The summed E-state index contributed by atoms with van der Waals surface area (Å²) in [5, 5.41) is 5.39.